The molecule has 0 bridgehead atoms. The van der Waals surface area contributed by atoms with E-state index in [1.807, 2.05) is 54.6 Å². The lowest BCUT2D eigenvalue weighted by Crippen LogP contribution is -2.36. The molecule has 1 aliphatic rings. The number of nitrogens with one attached hydrogen (secondary N) is 1. The number of likely N-dealkylation sites (tertiary alicyclic amines) is 1. The number of anilines is 2. The zero-order valence-electron chi connectivity index (χ0n) is 23.8. The lowest BCUT2D eigenvalue weighted by Gasteiger charge is -2.28. The summed E-state index contributed by atoms with van der Waals surface area (Å²) in [5, 5.41) is 4.61. The topological polar surface area (TPSA) is 68.7 Å². The van der Waals surface area contributed by atoms with Crippen LogP contribution < -0.4 is 19.5 Å². The van der Waals surface area contributed by atoms with Crippen molar-refractivity contribution < 1.29 is 18.6 Å². The first-order valence-electron chi connectivity index (χ1n) is 14.3. The predicted octanol–water partition coefficient (Wildman–Crippen LogP) is 7.80. The Labute approximate surface area is 255 Å². The van der Waals surface area contributed by atoms with E-state index in [0.717, 1.165) is 48.1 Å². The minimum Gasteiger partial charge on any atom is -0.489 e. The van der Waals surface area contributed by atoms with Crippen molar-refractivity contribution in [2.24, 2.45) is 0 Å². The van der Waals surface area contributed by atoms with Crippen molar-refractivity contribution in [2.45, 2.75) is 32.2 Å². The highest BCUT2D eigenvalue weighted by atomic mass is 35.5. The Morgan fingerprint density at radius 2 is 1.65 bits per heavy atom. The van der Waals surface area contributed by atoms with Gasteiger partial charge in [0.2, 0.25) is 0 Å². The van der Waals surface area contributed by atoms with Gasteiger partial charge in [-0.1, -0.05) is 54.1 Å². The van der Waals surface area contributed by atoms with E-state index in [1.54, 1.807) is 24.3 Å². The van der Waals surface area contributed by atoms with Gasteiger partial charge in [-0.3, -0.25) is 0 Å². The number of hydrogen-bond donors (Lipinski definition) is 1. The maximum atomic E-state index is 13.5. The van der Waals surface area contributed by atoms with Crippen molar-refractivity contribution in [2.75, 3.05) is 25.5 Å². The lowest BCUT2D eigenvalue weighted by molar-refractivity contribution is 0.106. The molecule has 1 fully saturated rings. The largest absolute Gasteiger partial charge is 0.489 e. The molecule has 0 spiro atoms. The molecule has 0 unspecified atom stereocenters. The number of rotatable bonds is 10. The number of nitrogens with zero attached hydrogens (tertiary/aromatic N) is 3. The van der Waals surface area contributed by atoms with Crippen LogP contribution in [0.4, 0.5) is 15.9 Å². The first-order chi connectivity index (χ1) is 21.0. The van der Waals surface area contributed by atoms with E-state index < -0.39 is 0 Å². The highest BCUT2D eigenvalue weighted by Gasteiger charge is 2.20. The summed E-state index contributed by atoms with van der Waals surface area (Å²) in [5.41, 5.74) is 3.22. The Kier molecular flexibility index (Phi) is 8.86. The fourth-order valence-electron chi connectivity index (χ4n) is 4.94. The van der Waals surface area contributed by atoms with E-state index in [1.165, 1.54) is 12.1 Å². The molecule has 1 aromatic heterocycles. The first-order valence-corrected chi connectivity index (χ1v) is 14.6. The van der Waals surface area contributed by atoms with Gasteiger partial charge in [0.1, 0.15) is 42.5 Å². The van der Waals surface area contributed by atoms with Crippen LogP contribution in [0.2, 0.25) is 5.02 Å². The highest BCUT2D eigenvalue weighted by molar-refractivity contribution is 6.32. The standard InChI is InChI=1S/C34H32ClFN4O3/c1-40-16-14-27(15-17-40)43-34-38-31-20-28(41-21-23-6-3-2-4-7-23)11-12-29(31)33(39-34)37-26-10-13-32(30(35)19-26)42-22-24-8-5-9-25(36)18-24/h2-13,18-20,27H,14-17,21-22H2,1H3,(H,37,38,39). The molecule has 7 nitrogen and oxygen atoms in total. The molecule has 0 atom stereocenters. The summed E-state index contributed by atoms with van der Waals surface area (Å²) in [4.78, 5) is 11.8. The molecule has 4 aromatic carbocycles. The first kappa shape index (κ1) is 28.7. The Morgan fingerprint density at radius 3 is 2.44 bits per heavy atom. The van der Waals surface area contributed by atoms with Gasteiger partial charge in [-0.2, -0.15) is 9.97 Å². The number of aromatic nitrogens is 2. The second kappa shape index (κ2) is 13.3. The average molecular weight is 599 g/mol. The molecule has 0 radical (unpaired) electrons. The zero-order chi connectivity index (χ0) is 29.6. The molecule has 1 saturated heterocycles. The third-order valence-corrected chi connectivity index (χ3v) is 7.61. The zero-order valence-corrected chi connectivity index (χ0v) is 24.6. The number of hydrogen-bond acceptors (Lipinski definition) is 7. The molecule has 6 rings (SSSR count). The van der Waals surface area contributed by atoms with Crippen LogP contribution in [0, 0.1) is 5.82 Å². The Balaban J connectivity index is 1.24. The number of piperidine rings is 1. The van der Waals surface area contributed by atoms with E-state index in [4.69, 9.17) is 35.8 Å². The quantitative estimate of drug-likeness (QED) is 0.176. The normalized spacial score (nSPS) is 14.0. The molecule has 2 heterocycles. The van der Waals surface area contributed by atoms with Gasteiger partial charge < -0.3 is 24.4 Å². The van der Waals surface area contributed by atoms with E-state index in [2.05, 4.69) is 17.3 Å². The lowest BCUT2D eigenvalue weighted by atomic mass is 10.1. The fraction of sp³-hybridized carbons (Fsp3) is 0.235. The van der Waals surface area contributed by atoms with Gasteiger partial charge in [0, 0.05) is 30.2 Å². The van der Waals surface area contributed by atoms with Crippen molar-refractivity contribution >= 4 is 34.0 Å². The molecular weight excluding hydrogens is 567 g/mol. The van der Waals surface area contributed by atoms with Crippen LogP contribution in [-0.2, 0) is 13.2 Å². The predicted molar refractivity (Wildman–Crippen MR) is 167 cm³/mol. The second-order valence-electron chi connectivity index (χ2n) is 10.6. The summed E-state index contributed by atoms with van der Waals surface area (Å²) in [7, 11) is 2.12. The Hall–Kier alpha value is -4.40. The van der Waals surface area contributed by atoms with Gasteiger partial charge in [-0.25, -0.2) is 4.39 Å². The van der Waals surface area contributed by atoms with Crippen LogP contribution in [0.25, 0.3) is 10.9 Å². The van der Waals surface area contributed by atoms with Gasteiger partial charge >= 0.3 is 6.01 Å². The third-order valence-electron chi connectivity index (χ3n) is 7.31. The smallest absolute Gasteiger partial charge is 0.319 e. The average Bonchev–Trinajstić information content (AvgIpc) is 3.01. The minimum absolute atomic E-state index is 0.0444. The SMILES string of the molecule is CN1CCC(Oc2nc(Nc3ccc(OCc4cccc(F)c4)c(Cl)c3)c3ccc(OCc4ccccc4)cc3n2)CC1. The molecule has 0 aliphatic carbocycles. The highest BCUT2D eigenvalue weighted by Crippen LogP contribution is 2.33. The van der Waals surface area contributed by atoms with Gasteiger partial charge in [0.25, 0.3) is 0 Å². The molecular formula is C34H32ClFN4O3. The Morgan fingerprint density at radius 1 is 0.860 bits per heavy atom. The van der Waals surface area contributed by atoms with Crippen LogP contribution in [-0.4, -0.2) is 41.1 Å². The molecule has 0 amide bonds. The van der Waals surface area contributed by atoms with E-state index in [0.29, 0.717) is 40.5 Å². The van der Waals surface area contributed by atoms with Crippen molar-refractivity contribution in [3.63, 3.8) is 0 Å². The van der Waals surface area contributed by atoms with Gasteiger partial charge in [0.15, 0.2) is 0 Å². The maximum absolute atomic E-state index is 13.5. The second-order valence-corrected chi connectivity index (χ2v) is 11.0. The number of ether oxygens (including phenoxy) is 3. The minimum atomic E-state index is -0.308. The summed E-state index contributed by atoms with van der Waals surface area (Å²) in [6.45, 7) is 2.58. The summed E-state index contributed by atoms with van der Waals surface area (Å²) in [6, 6.07) is 27.8. The summed E-state index contributed by atoms with van der Waals surface area (Å²) >= 11 is 6.57. The van der Waals surface area contributed by atoms with Crippen molar-refractivity contribution in [1.29, 1.82) is 0 Å². The Bertz CT molecular complexity index is 1700. The fourth-order valence-corrected chi connectivity index (χ4v) is 5.17. The number of halogens is 2. The number of fused-ring (bicyclic) bond motifs is 1. The number of benzene rings is 4. The molecule has 1 aliphatic heterocycles. The van der Waals surface area contributed by atoms with E-state index in [9.17, 15) is 4.39 Å². The molecule has 0 saturated carbocycles. The van der Waals surface area contributed by atoms with Crippen LogP contribution in [0.3, 0.4) is 0 Å². The van der Waals surface area contributed by atoms with E-state index in [-0.39, 0.29) is 18.5 Å². The third kappa shape index (κ3) is 7.52. The molecule has 1 N–H and O–H groups in total. The summed E-state index contributed by atoms with van der Waals surface area (Å²) in [6.07, 6.45) is 1.87. The van der Waals surface area contributed by atoms with Crippen molar-refractivity contribution in [3.8, 4) is 17.5 Å². The van der Waals surface area contributed by atoms with E-state index >= 15 is 0 Å². The van der Waals surface area contributed by atoms with Crippen LogP contribution in [0.5, 0.6) is 17.5 Å². The molecule has 5 aromatic rings. The summed E-state index contributed by atoms with van der Waals surface area (Å²) in [5.74, 6) is 1.48. The molecule has 9 heteroatoms. The van der Waals surface area contributed by atoms with Crippen molar-refractivity contribution in [1.82, 2.24) is 14.9 Å². The van der Waals surface area contributed by atoms with Gasteiger partial charge in [-0.05, 0) is 73.5 Å². The maximum Gasteiger partial charge on any atom is 0.319 e. The molecule has 220 valence electrons. The molecule has 43 heavy (non-hydrogen) atoms. The van der Waals surface area contributed by atoms with Crippen molar-refractivity contribution in [3.05, 3.63) is 113 Å². The monoisotopic (exact) mass is 598 g/mol. The van der Waals surface area contributed by atoms with Crippen LogP contribution >= 0.6 is 11.6 Å². The van der Waals surface area contributed by atoms with Crippen LogP contribution in [0.15, 0.2) is 91.0 Å². The summed E-state index contributed by atoms with van der Waals surface area (Å²) < 4.78 is 31.7. The van der Waals surface area contributed by atoms with Gasteiger partial charge in [-0.15, -0.1) is 0 Å². The van der Waals surface area contributed by atoms with Gasteiger partial charge in [0.05, 0.1) is 10.5 Å². The van der Waals surface area contributed by atoms with Crippen LogP contribution in [0.1, 0.15) is 24.0 Å².